The largest absolute Gasteiger partial charge is 0.514 e. The van der Waals surface area contributed by atoms with Gasteiger partial charge in [-0.15, -0.1) is 0 Å². The van der Waals surface area contributed by atoms with Gasteiger partial charge in [0.25, 0.3) is 5.69 Å². The molecule has 0 fully saturated rings. The molecule has 27 heavy (non-hydrogen) atoms. The predicted octanol–water partition coefficient (Wildman–Crippen LogP) is 3.38. The number of allylic oxidation sites excluding steroid dienone is 3. The summed E-state index contributed by atoms with van der Waals surface area (Å²) in [6.07, 6.45) is -2.12. The van der Waals surface area contributed by atoms with Crippen molar-refractivity contribution in [3.63, 3.8) is 0 Å². The molecule has 0 aromatic heterocycles. The quantitative estimate of drug-likeness (QED) is 0.485. The number of hydrogen-bond acceptors (Lipinski definition) is 8. The number of nitrogens with zero attached hydrogens (tertiary/aromatic N) is 3. The summed E-state index contributed by atoms with van der Waals surface area (Å²) >= 11 is 0. The molecule has 0 bridgehead atoms. The molecule has 2 rings (SSSR count). The third-order valence-electron chi connectivity index (χ3n) is 3.88. The van der Waals surface area contributed by atoms with E-state index in [0.29, 0.717) is 17.0 Å². The Kier molecular flexibility index (Phi) is 5.78. The van der Waals surface area contributed by atoms with Crippen molar-refractivity contribution in [3.8, 4) is 12.1 Å². The normalized spacial score (nSPS) is 17.3. The summed E-state index contributed by atoms with van der Waals surface area (Å²) in [5, 5.41) is 32.4. The van der Waals surface area contributed by atoms with Gasteiger partial charge in [0, 0.05) is 17.8 Å². The maximum Gasteiger partial charge on any atom is 0.514 e. The zero-order chi connectivity index (χ0) is 20.1. The summed E-state index contributed by atoms with van der Waals surface area (Å²) in [6.45, 7) is 4.70. The van der Waals surface area contributed by atoms with Crippen LogP contribution in [0.4, 0.5) is 10.5 Å². The zero-order valence-electron chi connectivity index (χ0n) is 14.8. The second-order valence-electron chi connectivity index (χ2n) is 5.79. The van der Waals surface area contributed by atoms with Gasteiger partial charge in [0.05, 0.1) is 28.2 Å². The Hall–Kier alpha value is -3.85. The molecule has 9 heteroatoms. The van der Waals surface area contributed by atoms with Crippen LogP contribution in [0.15, 0.2) is 47.0 Å². The van der Waals surface area contributed by atoms with Crippen LogP contribution in [-0.2, 0) is 9.47 Å². The fraction of sp³-hybridized carbons (Fsp3) is 0.278. The van der Waals surface area contributed by atoms with Gasteiger partial charge in [0.15, 0.2) is 6.10 Å². The van der Waals surface area contributed by atoms with E-state index in [2.05, 4.69) is 11.4 Å². The van der Waals surface area contributed by atoms with E-state index in [1.165, 1.54) is 25.1 Å². The van der Waals surface area contributed by atoms with Crippen LogP contribution in [-0.4, -0.2) is 17.2 Å². The molecule has 0 saturated heterocycles. The molecule has 0 radical (unpaired) electrons. The lowest BCUT2D eigenvalue weighted by atomic mass is 9.85. The Morgan fingerprint density at radius 2 is 2.04 bits per heavy atom. The summed E-state index contributed by atoms with van der Waals surface area (Å²) in [4.78, 5) is 22.5. The number of ether oxygens (including phenoxy) is 2. The first-order chi connectivity index (χ1) is 12.8. The second kappa shape index (κ2) is 8.02. The molecule has 1 aromatic rings. The van der Waals surface area contributed by atoms with Crippen LogP contribution in [0.25, 0.3) is 0 Å². The van der Waals surface area contributed by atoms with Gasteiger partial charge in [-0.3, -0.25) is 10.1 Å². The third kappa shape index (κ3) is 4.22. The van der Waals surface area contributed by atoms with E-state index in [1.807, 2.05) is 0 Å². The van der Waals surface area contributed by atoms with Crippen molar-refractivity contribution < 1.29 is 19.2 Å². The van der Waals surface area contributed by atoms with E-state index in [0.717, 1.165) is 0 Å². The fourth-order valence-electron chi connectivity index (χ4n) is 2.68. The van der Waals surface area contributed by atoms with Crippen LogP contribution in [0, 0.1) is 32.8 Å². The van der Waals surface area contributed by atoms with Gasteiger partial charge in [-0.1, -0.05) is 12.1 Å². The standard InChI is InChI=1S/C18H16N4O5/c1-10(8-19)26-18(23)27-17-12(3)21-11(2)15(9-20)16(17)13-5-4-6-14(7-13)22(24)25/h4-7,10,16,21H,1-3H3. The van der Waals surface area contributed by atoms with Crippen LogP contribution < -0.4 is 5.32 Å². The van der Waals surface area contributed by atoms with Gasteiger partial charge < -0.3 is 14.8 Å². The second-order valence-corrected chi connectivity index (χ2v) is 5.79. The maximum atomic E-state index is 12.0. The van der Waals surface area contributed by atoms with E-state index in [9.17, 15) is 20.2 Å². The number of nitro benzene ring substituents is 1. The molecule has 2 unspecified atom stereocenters. The smallest absolute Gasteiger partial charge is 0.416 e. The number of carbonyl (C=O) groups excluding carboxylic acids is 1. The van der Waals surface area contributed by atoms with Crippen molar-refractivity contribution >= 4 is 11.8 Å². The van der Waals surface area contributed by atoms with Crippen molar-refractivity contribution in [1.29, 1.82) is 10.5 Å². The predicted molar refractivity (Wildman–Crippen MR) is 92.6 cm³/mol. The molecule has 9 nitrogen and oxygen atoms in total. The fourth-order valence-corrected chi connectivity index (χ4v) is 2.68. The Bertz CT molecular complexity index is 936. The summed E-state index contributed by atoms with van der Waals surface area (Å²) in [5.74, 6) is -0.756. The molecule has 1 heterocycles. The summed E-state index contributed by atoms with van der Waals surface area (Å²) in [6, 6.07) is 9.54. The Balaban J connectivity index is 2.50. The maximum absolute atomic E-state index is 12.0. The van der Waals surface area contributed by atoms with Crippen molar-refractivity contribution in [2.75, 3.05) is 0 Å². The van der Waals surface area contributed by atoms with Gasteiger partial charge in [0.1, 0.15) is 11.8 Å². The number of rotatable bonds is 4. The average molecular weight is 368 g/mol. The first kappa shape index (κ1) is 19.5. The minimum atomic E-state index is -1.10. The number of non-ortho nitro benzene ring substituents is 1. The van der Waals surface area contributed by atoms with Crippen LogP contribution in [0.1, 0.15) is 32.3 Å². The van der Waals surface area contributed by atoms with E-state index < -0.39 is 23.1 Å². The summed E-state index contributed by atoms with van der Waals surface area (Å²) in [5.41, 5.74) is 1.50. The van der Waals surface area contributed by atoms with E-state index in [4.69, 9.17) is 14.7 Å². The molecule has 1 aliphatic rings. The van der Waals surface area contributed by atoms with Crippen molar-refractivity contribution in [3.05, 3.63) is 62.7 Å². The first-order valence-electron chi connectivity index (χ1n) is 7.89. The molecule has 2 atom stereocenters. The monoisotopic (exact) mass is 368 g/mol. The summed E-state index contributed by atoms with van der Waals surface area (Å²) in [7, 11) is 0. The van der Waals surface area contributed by atoms with Gasteiger partial charge in [0.2, 0.25) is 0 Å². The van der Waals surface area contributed by atoms with Crippen molar-refractivity contribution in [1.82, 2.24) is 5.32 Å². The van der Waals surface area contributed by atoms with E-state index in [1.54, 1.807) is 26.0 Å². The topological polar surface area (TPSA) is 138 Å². The minimum absolute atomic E-state index is 0.0767. The number of carbonyl (C=O) groups is 1. The van der Waals surface area contributed by atoms with Gasteiger partial charge in [-0.05, 0) is 26.3 Å². The van der Waals surface area contributed by atoms with Crippen molar-refractivity contribution in [2.24, 2.45) is 0 Å². The number of nitro groups is 1. The van der Waals surface area contributed by atoms with Crippen LogP contribution in [0.2, 0.25) is 0 Å². The van der Waals surface area contributed by atoms with Crippen molar-refractivity contribution in [2.45, 2.75) is 32.8 Å². The first-order valence-corrected chi connectivity index (χ1v) is 7.89. The Morgan fingerprint density at radius 3 is 2.63 bits per heavy atom. The molecule has 0 spiro atoms. The number of nitriles is 2. The molecule has 0 aliphatic carbocycles. The number of hydrogen-bond donors (Lipinski definition) is 1. The van der Waals surface area contributed by atoms with Gasteiger partial charge in [-0.2, -0.15) is 10.5 Å². The van der Waals surface area contributed by atoms with E-state index >= 15 is 0 Å². The van der Waals surface area contributed by atoms with Crippen LogP contribution in [0.5, 0.6) is 0 Å². The number of benzene rings is 1. The molecule has 0 amide bonds. The highest BCUT2D eigenvalue weighted by Crippen LogP contribution is 2.39. The molecule has 1 N–H and O–H groups in total. The highest BCUT2D eigenvalue weighted by molar-refractivity contribution is 5.64. The molecule has 1 aromatic carbocycles. The number of nitrogens with one attached hydrogen (secondary N) is 1. The number of dihydropyridines is 1. The molecular formula is C18H16N4O5. The zero-order valence-corrected chi connectivity index (χ0v) is 14.8. The third-order valence-corrected chi connectivity index (χ3v) is 3.88. The van der Waals surface area contributed by atoms with Gasteiger partial charge in [-0.25, -0.2) is 4.79 Å². The SMILES string of the molecule is CC1=C(C#N)C(c2cccc([N+](=O)[O-])c2)C(OC(=O)OC(C)C#N)=C(C)N1. The lowest BCUT2D eigenvalue weighted by molar-refractivity contribution is -0.384. The van der Waals surface area contributed by atoms with E-state index in [-0.39, 0.29) is 17.0 Å². The molecular weight excluding hydrogens is 352 g/mol. The Morgan fingerprint density at radius 1 is 1.33 bits per heavy atom. The molecule has 1 aliphatic heterocycles. The highest BCUT2D eigenvalue weighted by atomic mass is 16.7. The minimum Gasteiger partial charge on any atom is -0.416 e. The van der Waals surface area contributed by atoms with Gasteiger partial charge >= 0.3 is 6.16 Å². The Labute approximate surface area is 155 Å². The lowest BCUT2D eigenvalue weighted by Gasteiger charge is -2.28. The average Bonchev–Trinajstić information content (AvgIpc) is 2.63. The van der Waals surface area contributed by atoms with Crippen LogP contribution >= 0.6 is 0 Å². The lowest BCUT2D eigenvalue weighted by Crippen LogP contribution is -2.27. The molecule has 138 valence electrons. The van der Waals surface area contributed by atoms with Crippen LogP contribution in [0.3, 0.4) is 0 Å². The highest BCUT2D eigenvalue weighted by Gasteiger charge is 2.33. The molecule has 0 saturated carbocycles. The summed E-state index contributed by atoms with van der Waals surface area (Å²) < 4.78 is 10.1.